The number of hydrogen-bond acceptors (Lipinski definition) is 5. The second-order valence-electron chi connectivity index (χ2n) is 3.95. The fraction of sp³-hybridized carbons (Fsp3) is 0.308. The largest absolute Gasteiger partial charge is 0.452 e. The maximum atomic E-state index is 11.4. The fourth-order valence-corrected chi connectivity index (χ4v) is 0.958. The lowest BCUT2D eigenvalue weighted by atomic mass is 10.3. The number of allylic oxidation sites excluding steroid dienone is 5. The normalized spacial score (nSPS) is 12.9. The van der Waals surface area contributed by atoms with Gasteiger partial charge in [0.25, 0.3) is 0 Å². The van der Waals surface area contributed by atoms with E-state index in [1.54, 1.807) is 19.0 Å². The van der Waals surface area contributed by atoms with Crippen LogP contribution in [0.15, 0.2) is 48.2 Å². The van der Waals surface area contributed by atoms with Crippen molar-refractivity contribution in [1.29, 1.82) is 0 Å². The number of ketones is 1. The number of nitro groups is 1. The summed E-state index contributed by atoms with van der Waals surface area (Å²) < 4.78 is 5.35. The highest BCUT2D eigenvalue weighted by molar-refractivity contribution is 5.91. The van der Waals surface area contributed by atoms with Gasteiger partial charge in [-0.05, 0) is 12.2 Å². The van der Waals surface area contributed by atoms with Gasteiger partial charge in [-0.3, -0.25) is 14.9 Å². The summed E-state index contributed by atoms with van der Waals surface area (Å²) in [7, 11) is 3.50. The van der Waals surface area contributed by atoms with Gasteiger partial charge in [0.15, 0.2) is 11.5 Å². The van der Waals surface area contributed by atoms with Crippen LogP contribution in [0.5, 0.6) is 0 Å². The van der Waals surface area contributed by atoms with Gasteiger partial charge < -0.3 is 9.64 Å². The lowest BCUT2D eigenvalue weighted by Gasteiger charge is -2.11. The molecule has 0 saturated heterocycles. The van der Waals surface area contributed by atoms with Crippen LogP contribution in [-0.4, -0.2) is 29.7 Å². The van der Waals surface area contributed by atoms with Gasteiger partial charge >= 0.3 is 0 Å². The van der Waals surface area contributed by atoms with Crippen molar-refractivity contribution < 1.29 is 14.5 Å². The molecule has 0 atom stereocenters. The maximum Gasteiger partial charge on any atom is 0.243 e. The molecule has 0 radical (unpaired) electrons. The van der Waals surface area contributed by atoms with E-state index in [-0.39, 0.29) is 23.0 Å². The topological polar surface area (TPSA) is 72.7 Å². The van der Waals surface area contributed by atoms with E-state index in [4.69, 9.17) is 4.74 Å². The Hall–Kier alpha value is -2.37. The summed E-state index contributed by atoms with van der Waals surface area (Å²) in [6, 6.07) is 0. The van der Waals surface area contributed by atoms with Crippen molar-refractivity contribution >= 4 is 5.78 Å². The molecule has 0 aromatic heterocycles. The van der Waals surface area contributed by atoms with Crippen molar-refractivity contribution in [1.82, 2.24) is 4.90 Å². The average Bonchev–Trinajstić information content (AvgIpc) is 2.31. The van der Waals surface area contributed by atoms with Crippen molar-refractivity contribution in [3.63, 3.8) is 0 Å². The highest BCUT2D eigenvalue weighted by atomic mass is 16.6. The SMILES string of the molecule is C=C/C(=C\C=C(/C)[N+](=O)[O-])O/C(=C\N(C)C)C(C)=O. The van der Waals surface area contributed by atoms with Crippen molar-refractivity contribution in [3.05, 3.63) is 58.3 Å². The quantitative estimate of drug-likeness (QED) is 0.232. The highest BCUT2D eigenvalue weighted by Crippen LogP contribution is 2.10. The number of carbonyl (C=O) groups excluding carboxylic acids is 1. The van der Waals surface area contributed by atoms with Crippen LogP contribution in [0.25, 0.3) is 0 Å². The number of Topliss-reactive ketones (excluding diaryl/α,β-unsaturated/α-hetero) is 1. The van der Waals surface area contributed by atoms with E-state index < -0.39 is 4.92 Å². The van der Waals surface area contributed by atoms with Crippen LogP contribution < -0.4 is 0 Å². The molecular formula is C13H18N2O4. The van der Waals surface area contributed by atoms with E-state index in [0.717, 1.165) is 0 Å². The minimum Gasteiger partial charge on any atom is -0.452 e. The molecule has 0 amide bonds. The van der Waals surface area contributed by atoms with E-state index in [1.165, 1.54) is 38.3 Å². The van der Waals surface area contributed by atoms with Gasteiger partial charge in [0.2, 0.25) is 5.70 Å². The summed E-state index contributed by atoms with van der Waals surface area (Å²) in [5, 5.41) is 10.4. The Morgan fingerprint density at radius 3 is 2.26 bits per heavy atom. The Bertz CT molecular complexity index is 459. The van der Waals surface area contributed by atoms with Gasteiger partial charge in [-0.15, -0.1) is 0 Å². The molecule has 0 unspecified atom stereocenters. The van der Waals surface area contributed by atoms with E-state index in [0.29, 0.717) is 0 Å². The third-order valence-corrected chi connectivity index (χ3v) is 1.93. The van der Waals surface area contributed by atoms with Gasteiger partial charge in [-0.2, -0.15) is 0 Å². The molecule has 6 nitrogen and oxygen atoms in total. The first-order valence-corrected chi connectivity index (χ1v) is 5.50. The van der Waals surface area contributed by atoms with Crippen LogP contribution in [0.2, 0.25) is 0 Å². The fourth-order valence-electron chi connectivity index (χ4n) is 0.958. The van der Waals surface area contributed by atoms with Gasteiger partial charge in [0.1, 0.15) is 5.76 Å². The van der Waals surface area contributed by atoms with Crippen molar-refractivity contribution in [3.8, 4) is 0 Å². The zero-order chi connectivity index (χ0) is 15.0. The maximum absolute atomic E-state index is 11.4. The second-order valence-corrected chi connectivity index (χ2v) is 3.95. The predicted octanol–water partition coefficient (Wildman–Crippen LogP) is 2.25. The zero-order valence-corrected chi connectivity index (χ0v) is 11.5. The van der Waals surface area contributed by atoms with E-state index in [1.807, 2.05) is 0 Å². The molecule has 0 aliphatic heterocycles. The number of rotatable bonds is 7. The average molecular weight is 266 g/mol. The number of hydrogen-bond donors (Lipinski definition) is 0. The number of carbonyl (C=O) groups is 1. The van der Waals surface area contributed by atoms with Gasteiger partial charge in [-0.1, -0.05) is 6.58 Å². The summed E-state index contributed by atoms with van der Waals surface area (Å²) in [6.07, 6.45) is 5.56. The molecule has 6 heteroatoms. The molecule has 0 spiro atoms. The summed E-state index contributed by atoms with van der Waals surface area (Å²) >= 11 is 0. The smallest absolute Gasteiger partial charge is 0.243 e. The second kappa shape index (κ2) is 7.86. The molecule has 0 aromatic rings. The Morgan fingerprint density at radius 1 is 1.32 bits per heavy atom. The third-order valence-electron chi connectivity index (χ3n) is 1.93. The van der Waals surface area contributed by atoms with Crippen molar-refractivity contribution in [2.75, 3.05) is 14.1 Å². The summed E-state index contributed by atoms with van der Waals surface area (Å²) in [5.41, 5.74) is -0.0380. The first kappa shape index (κ1) is 16.6. The van der Waals surface area contributed by atoms with Crippen molar-refractivity contribution in [2.45, 2.75) is 13.8 Å². The molecular weight excluding hydrogens is 248 g/mol. The molecule has 0 heterocycles. The van der Waals surface area contributed by atoms with Crippen LogP contribution in [0.1, 0.15) is 13.8 Å². The van der Waals surface area contributed by atoms with Crippen LogP contribution in [-0.2, 0) is 9.53 Å². The number of nitrogens with zero attached hydrogens (tertiary/aromatic N) is 2. The van der Waals surface area contributed by atoms with Crippen LogP contribution in [0.3, 0.4) is 0 Å². The minimum atomic E-state index is -0.515. The third kappa shape index (κ3) is 6.82. The Morgan fingerprint density at radius 2 is 1.89 bits per heavy atom. The lowest BCUT2D eigenvalue weighted by molar-refractivity contribution is -0.424. The molecule has 0 saturated carbocycles. The predicted molar refractivity (Wildman–Crippen MR) is 72.6 cm³/mol. The first-order chi connectivity index (χ1) is 8.77. The first-order valence-electron chi connectivity index (χ1n) is 5.50. The standard InChI is InChI=1S/C13H18N2O4/c1-6-12(8-7-10(2)15(17)18)19-13(11(3)16)9-14(4)5/h6-9H,1H2,2-5H3/b10-7+,12-8+,13-9-. The van der Waals surface area contributed by atoms with Crippen LogP contribution in [0, 0.1) is 10.1 Å². The monoisotopic (exact) mass is 266 g/mol. The molecule has 0 aliphatic carbocycles. The molecule has 0 N–H and O–H groups in total. The van der Waals surface area contributed by atoms with Crippen molar-refractivity contribution in [2.24, 2.45) is 0 Å². The Balaban J connectivity index is 5.13. The molecule has 104 valence electrons. The summed E-state index contributed by atoms with van der Waals surface area (Å²) in [5.74, 6) is 0.129. The highest BCUT2D eigenvalue weighted by Gasteiger charge is 2.08. The minimum absolute atomic E-state index is 0.0380. The van der Waals surface area contributed by atoms with Gasteiger partial charge in [0, 0.05) is 40.2 Å². The Kier molecular flexibility index (Phi) is 6.88. The summed E-state index contributed by atoms with van der Waals surface area (Å²) in [6.45, 7) is 6.26. The molecule has 0 fully saturated rings. The summed E-state index contributed by atoms with van der Waals surface area (Å²) in [4.78, 5) is 23.0. The van der Waals surface area contributed by atoms with E-state index >= 15 is 0 Å². The lowest BCUT2D eigenvalue weighted by Crippen LogP contribution is -2.09. The molecule has 0 rings (SSSR count). The molecule has 0 aromatic carbocycles. The van der Waals surface area contributed by atoms with Crippen LogP contribution >= 0.6 is 0 Å². The van der Waals surface area contributed by atoms with E-state index in [2.05, 4.69) is 6.58 Å². The Labute approximate surface area is 112 Å². The zero-order valence-electron chi connectivity index (χ0n) is 11.5. The van der Waals surface area contributed by atoms with Gasteiger partial charge in [0.05, 0.1) is 4.92 Å². The van der Waals surface area contributed by atoms with E-state index in [9.17, 15) is 14.9 Å². The van der Waals surface area contributed by atoms with Gasteiger partial charge in [-0.25, -0.2) is 0 Å². The molecule has 0 aliphatic rings. The van der Waals surface area contributed by atoms with Crippen LogP contribution in [0.4, 0.5) is 0 Å². The number of ether oxygens (including phenoxy) is 1. The molecule has 0 bridgehead atoms. The molecule has 19 heavy (non-hydrogen) atoms.